The fourth-order valence-corrected chi connectivity index (χ4v) is 2.95. The van der Waals surface area contributed by atoms with Crippen LogP contribution in [0.15, 0.2) is 52.9 Å². The first-order valence-corrected chi connectivity index (χ1v) is 8.37. The van der Waals surface area contributed by atoms with Crippen molar-refractivity contribution in [3.05, 3.63) is 71.0 Å². The number of furan rings is 1. The Bertz CT molecular complexity index is 846. The van der Waals surface area contributed by atoms with E-state index < -0.39 is 0 Å². The van der Waals surface area contributed by atoms with Crippen molar-refractivity contribution in [1.29, 1.82) is 0 Å². The summed E-state index contributed by atoms with van der Waals surface area (Å²) in [6.07, 6.45) is 1.25. The first-order chi connectivity index (χ1) is 11.6. The molecule has 0 atom stereocenters. The van der Waals surface area contributed by atoms with E-state index in [0.29, 0.717) is 13.0 Å². The lowest BCUT2D eigenvalue weighted by Gasteiger charge is -2.17. The van der Waals surface area contributed by atoms with Crippen molar-refractivity contribution in [1.82, 2.24) is 4.90 Å². The highest BCUT2D eigenvalue weighted by molar-refractivity contribution is 5.83. The highest BCUT2D eigenvalue weighted by Gasteiger charge is 2.17. The summed E-state index contributed by atoms with van der Waals surface area (Å²) in [5, 5.41) is 1.10. The maximum atomic E-state index is 12.6. The number of benzene rings is 2. The van der Waals surface area contributed by atoms with Gasteiger partial charge in [-0.05, 0) is 18.6 Å². The monoisotopic (exact) mass is 321 g/mol. The fraction of sp³-hybridized carbons (Fsp3) is 0.286. The van der Waals surface area contributed by atoms with Crippen LogP contribution in [0.25, 0.3) is 11.0 Å². The lowest BCUT2D eigenvalue weighted by Crippen LogP contribution is -2.28. The molecule has 3 aromatic rings. The molecule has 3 nitrogen and oxygen atoms in total. The first kappa shape index (κ1) is 16.3. The van der Waals surface area contributed by atoms with E-state index in [2.05, 4.69) is 13.0 Å². The van der Waals surface area contributed by atoms with E-state index >= 15 is 0 Å². The molecule has 0 bridgehead atoms. The van der Waals surface area contributed by atoms with Crippen molar-refractivity contribution in [2.75, 3.05) is 7.05 Å². The van der Waals surface area contributed by atoms with Crippen molar-refractivity contribution in [2.24, 2.45) is 0 Å². The van der Waals surface area contributed by atoms with Crippen LogP contribution < -0.4 is 0 Å². The van der Waals surface area contributed by atoms with Gasteiger partial charge in [-0.25, -0.2) is 0 Å². The third-order valence-electron chi connectivity index (χ3n) is 4.40. The van der Waals surface area contributed by atoms with Crippen LogP contribution in [0.5, 0.6) is 0 Å². The summed E-state index contributed by atoms with van der Waals surface area (Å²) in [6.45, 7) is 4.70. The third kappa shape index (κ3) is 3.35. The van der Waals surface area contributed by atoms with Crippen molar-refractivity contribution >= 4 is 16.9 Å². The summed E-state index contributed by atoms with van der Waals surface area (Å²) in [5.74, 6) is 1.08. The number of carbonyl (C=O) groups is 1. The molecule has 0 saturated carbocycles. The molecule has 124 valence electrons. The zero-order chi connectivity index (χ0) is 17.1. The number of carbonyl (C=O) groups excluding carboxylic acids is 1. The predicted octanol–water partition coefficient (Wildman–Crippen LogP) is 4.50. The second-order valence-corrected chi connectivity index (χ2v) is 6.27. The lowest BCUT2D eigenvalue weighted by molar-refractivity contribution is -0.129. The Morgan fingerprint density at radius 1 is 1.08 bits per heavy atom. The number of fused-ring (bicyclic) bond motifs is 1. The largest absolute Gasteiger partial charge is 0.461 e. The van der Waals surface area contributed by atoms with Crippen molar-refractivity contribution in [2.45, 2.75) is 33.2 Å². The lowest BCUT2D eigenvalue weighted by atomic mass is 10.1. The molecule has 0 saturated heterocycles. The molecule has 3 rings (SSSR count). The molecule has 1 heterocycles. The van der Waals surface area contributed by atoms with E-state index in [1.54, 1.807) is 4.90 Å². The minimum atomic E-state index is 0.117. The van der Waals surface area contributed by atoms with E-state index in [0.717, 1.165) is 34.3 Å². The van der Waals surface area contributed by atoms with Crippen LogP contribution in [-0.4, -0.2) is 17.9 Å². The van der Waals surface area contributed by atoms with Gasteiger partial charge in [0.25, 0.3) is 0 Å². The number of amides is 1. The first-order valence-electron chi connectivity index (χ1n) is 8.37. The van der Waals surface area contributed by atoms with Gasteiger partial charge in [0.1, 0.15) is 11.3 Å². The second-order valence-electron chi connectivity index (χ2n) is 6.27. The van der Waals surface area contributed by atoms with Crippen LogP contribution in [0.4, 0.5) is 0 Å². The van der Waals surface area contributed by atoms with E-state index in [-0.39, 0.29) is 5.91 Å². The van der Waals surface area contributed by atoms with Gasteiger partial charge in [-0.1, -0.05) is 55.0 Å². The van der Waals surface area contributed by atoms with Gasteiger partial charge < -0.3 is 9.32 Å². The van der Waals surface area contributed by atoms with Crippen LogP contribution in [0, 0.1) is 6.92 Å². The molecule has 1 aromatic heterocycles. The number of aryl methyl sites for hydroxylation is 2. The molecule has 3 heteroatoms. The Balaban J connectivity index is 1.77. The minimum absolute atomic E-state index is 0.117. The smallest absolute Gasteiger partial charge is 0.227 e. The average molecular weight is 321 g/mol. The maximum absolute atomic E-state index is 12.6. The topological polar surface area (TPSA) is 33.5 Å². The quantitative estimate of drug-likeness (QED) is 0.693. The molecule has 0 unspecified atom stereocenters. The Labute approximate surface area is 142 Å². The Morgan fingerprint density at radius 2 is 1.79 bits per heavy atom. The average Bonchev–Trinajstić information content (AvgIpc) is 2.94. The van der Waals surface area contributed by atoms with Gasteiger partial charge >= 0.3 is 0 Å². The number of nitrogens with zero attached hydrogens (tertiary/aromatic N) is 1. The van der Waals surface area contributed by atoms with Crippen LogP contribution in [-0.2, 0) is 24.2 Å². The molecular formula is C21H23NO2. The summed E-state index contributed by atoms with van der Waals surface area (Å²) >= 11 is 0. The molecule has 2 aromatic carbocycles. The van der Waals surface area contributed by atoms with Crippen molar-refractivity contribution < 1.29 is 9.21 Å². The fourth-order valence-electron chi connectivity index (χ4n) is 2.95. The molecule has 0 radical (unpaired) electrons. The number of hydrogen-bond donors (Lipinski definition) is 0. The van der Waals surface area contributed by atoms with Crippen LogP contribution >= 0.6 is 0 Å². The Morgan fingerprint density at radius 3 is 2.50 bits per heavy atom. The summed E-state index contributed by atoms with van der Waals surface area (Å²) in [4.78, 5) is 14.3. The van der Waals surface area contributed by atoms with E-state index in [1.165, 1.54) is 5.56 Å². The normalized spacial score (nSPS) is 11.0. The second kappa shape index (κ2) is 6.91. The van der Waals surface area contributed by atoms with E-state index in [4.69, 9.17) is 4.42 Å². The molecular weight excluding hydrogens is 298 g/mol. The summed E-state index contributed by atoms with van der Waals surface area (Å²) in [7, 11) is 1.86. The third-order valence-corrected chi connectivity index (χ3v) is 4.40. The van der Waals surface area contributed by atoms with Gasteiger partial charge in [0, 0.05) is 31.0 Å². The number of para-hydroxylation sites is 1. The number of hydrogen-bond acceptors (Lipinski definition) is 2. The Kier molecular flexibility index (Phi) is 4.70. The molecule has 1 amide bonds. The summed E-state index contributed by atoms with van der Waals surface area (Å²) in [5.41, 5.74) is 4.26. The van der Waals surface area contributed by atoms with Gasteiger partial charge in [-0.2, -0.15) is 0 Å². The van der Waals surface area contributed by atoms with Crippen LogP contribution in [0.2, 0.25) is 0 Å². The highest BCUT2D eigenvalue weighted by Crippen LogP contribution is 2.27. The number of likely N-dealkylation sites (N-methyl/N-ethyl adjacent to an activating group) is 1. The minimum Gasteiger partial charge on any atom is -0.461 e. The SMILES string of the molecule is CCc1oc2ccccc2c1CN(C)C(=O)Cc1ccc(C)cc1. The maximum Gasteiger partial charge on any atom is 0.227 e. The molecule has 0 N–H and O–H groups in total. The van der Waals surface area contributed by atoms with Gasteiger partial charge in [0.2, 0.25) is 5.91 Å². The summed E-state index contributed by atoms with van der Waals surface area (Å²) in [6, 6.07) is 16.1. The molecule has 0 fully saturated rings. The molecule has 24 heavy (non-hydrogen) atoms. The van der Waals surface area contributed by atoms with Crippen molar-refractivity contribution in [3.8, 4) is 0 Å². The molecule has 0 aliphatic carbocycles. The molecule has 0 aliphatic rings. The van der Waals surface area contributed by atoms with Gasteiger partial charge in [0.05, 0.1) is 6.42 Å². The summed E-state index contributed by atoms with van der Waals surface area (Å²) < 4.78 is 5.92. The van der Waals surface area contributed by atoms with E-state index in [9.17, 15) is 4.79 Å². The van der Waals surface area contributed by atoms with Crippen LogP contribution in [0.1, 0.15) is 29.4 Å². The number of rotatable bonds is 5. The molecule has 0 spiro atoms. The highest BCUT2D eigenvalue weighted by atomic mass is 16.3. The van der Waals surface area contributed by atoms with Gasteiger partial charge in [0.15, 0.2) is 0 Å². The standard InChI is InChI=1S/C21H23NO2/c1-4-19-18(17-7-5-6-8-20(17)24-19)14-22(3)21(23)13-16-11-9-15(2)10-12-16/h5-12H,4,13-14H2,1-3H3. The Hall–Kier alpha value is -2.55. The van der Waals surface area contributed by atoms with Gasteiger partial charge in [-0.15, -0.1) is 0 Å². The van der Waals surface area contributed by atoms with E-state index in [1.807, 2.05) is 56.4 Å². The zero-order valence-corrected chi connectivity index (χ0v) is 14.5. The molecule has 0 aliphatic heterocycles. The predicted molar refractivity (Wildman–Crippen MR) is 96.9 cm³/mol. The van der Waals surface area contributed by atoms with Crippen molar-refractivity contribution in [3.63, 3.8) is 0 Å². The zero-order valence-electron chi connectivity index (χ0n) is 14.5. The van der Waals surface area contributed by atoms with Crippen LogP contribution in [0.3, 0.4) is 0 Å². The van der Waals surface area contributed by atoms with Gasteiger partial charge in [-0.3, -0.25) is 4.79 Å².